The number of likely N-dealkylation sites (tertiary alicyclic amines) is 1. The summed E-state index contributed by atoms with van der Waals surface area (Å²) >= 11 is 0.943. The van der Waals surface area contributed by atoms with Crippen LogP contribution in [0.3, 0.4) is 0 Å². The van der Waals surface area contributed by atoms with E-state index in [4.69, 9.17) is 16.9 Å². The first-order chi connectivity index (χ1) is 54.1. The van der Waals surface area contributed by atoms with E-state index in [1.807, 2.05) is 6.92 Å². The Bertz CT molecular complexity index is 3550. The second-order valence-electron chi connectivity index (χ2n) is 28.3. The van der Waals surface area contributed by atoms with Gasteiger partial charge in [-0.3, -0.25) is 92.9 Å². The molecule has 4 aliphatic heterocycles. The number of phenolic OH excluding ortho intramolecular Hbond substituents is 1. The zero-order valence-corrected chi connectivity index (χ0v) is 64.8. The molecule has 0 aliphatic carbocycles. The lowest BCUT2D eigenvalue weighted by Crippen LogP contribution is -2.73. The SMILES string of the molecule is CCCC(=O)N[C@]12CNCCNC[C@](NC(=O)CCCC(=O)NC(Cc3ccc(O)cc3)C(=O)NCCCCCC(=O)NC(CSC3CC(=O)N(CCC(=O)NCCCCC4NC(=O)C(Cc5ccccc5)NC(=O)C(CC(=O)O)NC(=O)CNC(=O)C(CCCNC(=N)N)NC4=O)C3=O)C(N)=O)(CNCCNC1)NCCN2. The maximum Gasteiger partial charge on any atom is 0.305 e. The number of aliphatic carboxylic acids is 1. The minimum absolute atomic E-state index is 0.00615. The van der Waals surface area contributed by atoms with Gasteiger partial charge in [-0.25, -0.2) is 0 Å². The van der Waals surface area contributed by atoms with Gasteiger partial charge in [0.05, 0.1) is 18.2 Å². The maximum absolute atomic E-state index is 14.2. The Morgan fingerprint density at radius 2 is 1.11 bits per heavy atom. The molecular formula is C73H114N22O17S. The molecule has 4 aliphatic rings. The molecule has 4 saturated heterocycles. The summed E-state index contributed by atoms with van der Waals surface area (Å²) in [7, 11) is 0. The standard InChI is InChI=1S/C73H114N22O17S/c1-2-13-59(100)93-72-42-77-29-31-79-44-73(86-34-33-85-72,45-80-32-30-78-43-72)94-60(101)20-11-19-58(99)87-51(37-47-21-23-48(96)24-22-47)66(108)82-27-9-4-7-18-57(98)89-54(64(74)106)41-113-55-39-62(103)95(70(55)112)35-25-56(97)81-26-10-8-16-50-67(109)90-49(17-12-28-83-71(75)76)65(107)84-40-61(102)88-53(38-63(104)105)69(111)92-52(68(110)91-50)36-46-14-5-3-6-15-46/h3,5-6,14-15,21-24,49-55,77-80,85-86,96H,2,4,7-13,16-20,25-45H2,1H3,(H2,74,106)(H,81,97)(H,82,108)(H,84,107)(H,87,99)(H,88,102)(H,89,98)(H,90,109)(H,91,110)(H,92,111)(H,93,100)(H,94,101)(H,104,105)(H4,75,76,83)/t49?,50?,51?,52?,53?,54?,55?,72-,73+. The number of guanidine groups is 1. The lowest BCUT2D eigenvalue weighted by Gasteiger charge is -2.41. The predicted octanol–water partition coefficient (Wildman–Crippen LogP) is -6.19. The number of thioether (sulfide) groups is 1. The van der Waals surface area contributed by atoms with Gasteiger partial charge >= 0.3 is 5.97 Å². The first-order valence-electron chi connectivity index (χ1n) is 38.6. The van der Waals surface area contributed by atoms with Crippen molar-refractivity contribution in [3.05, 3.63) is 65.7 Å². The number of benzene rings is 2. The molecule has 39 nitrogen and oxygen atoms in total. The van der Waals surface area contributed by atoms with Crippen molar-refractivity contribution in [2.24, 2.45) is 11.5 Å². The van der Waals surface area contributed by atoms with Crippen LogP contribution in [-0.2, 0) is 84.8 Å². The van der Waals surface area contributed by atoms with Crippen LogP contribution in [-0.4, -0.2) is 266 Å². The van der Waals surface area contributed by atoms with Gasteiger partial charge in [0.1, 0.15) is 53.3 Å². The molecule has 7 atom stereocenters. The Kier molecular flexibility index (Phi) is 39.5. The minimum atomic E-state index is -1.68. The fourth-order valence-electron chi connectivity index (χ4n) is 12.9. The number of hydrogen-bond donors (Lipinski definition) is 23. The lowest BCUT2D eigenvalue weighted by atomic mass is 10.0. The molecule has 113 heavy (non-hydrogen) atoms. The number of carboxylic acids is 1. The molecule has 6 rings (SSSR count). The Balaban J connectivity index is 0.921. The van der Waals surface area contributed by atoms with E-state index >= 15 is 0 Å². The number of imide groups is 1. The summed E-state index contributed by atoms with van der Waals surface area (Å²) in [6.45, 7) is 6.29. The molecule has 2 bridgehead atoms. The summed E-state index contributed by atoms with van der Waals surface area (Å²) in [5.41, 5.74) is 10.6. The van der Waals surface area contributed by atoms with Gasteiger partial charge in [0.15, 0.2) is 5.96 Å². The molecular weight excluding hydrogens is 1490 g/mol. The number of carbonyl (C=O) groups is 15. The number of nitrogens with one attached hydrogen (secondary N) is 19. The Hall–Kier alpha value is -10.1. The molecule has 7 unspecified atom stereocenters. The molecule has 4 heterocycles. The van der Waals surface area contributed by atoms with Crippen LogP contribution in [0.1, 0.15) is 127 Å². The van der Waals surface area contributed by atoms with Crippen LogP contribution in [0.2, 0.25) is 0 Å². The average Bonchev–Trinajstić information content (AvgIpc) is 1.75. The third kappa shape index (κ3) is 34.0. The van der Waals surface area contributed by atoms with Gasteiger partial charge < -0.3 is 107 Å². The molecule has 2 aromatic rings. The second-order valence-corrected chi connectivity index (χ2v) is 29.6. The molecule has 0 aromatic heterocycles. The van der Waals surface area contributed by atoms with Gasteiger partial charge in [-0.1, -0.05) is 55.8 Å². The zero-order chi connectivity index (χ0) is 82.1. The number of unbranched alkanes of at least 4 members (excludes halogenated alkanes) is 3. The highest BCUT2D eigenvalue weighted by molar-refractivity contribution is 8.00. The molecule has 40 heteroatoms. The van der Waals surface area contributed by atoms with Crippen molar-refractivity contribution < 1.29 is 82.1 Å². The van der Waals surface area contributed by atoms with Crippen molar-refractivity contribution in [2.45, 2.75) is 182 Å². The average molecular weight is 1600 g/mol. The lowest BCUT2D eigenvalue weighted by molar-refractivity contribution is -0.141. The van der Waals surface area contributed by atoms with Crippen molar-refractivity contribution in [1.29, 1.82) is 5.41 Å². The van der Waals surface area contributed by atoms with Gasteiger partial charge in [0.2, 0.25) is 82.7 Å². The third-order valence-corrected chi connectivity index (χ3v) is 20.2. The number of nitrogens with two attached hydrogens (primary N) is 2. The number of primary amides is 1. The van der Waals surface area contributed by atoms with Crippen molar-refractivity contribution in [3.63, 3.8) is 0 Å². The fraction of sp³-hybridized carbons (Fsp3) is 0.616. The van der Waals surface area contributed by atoms with E-state index in [9.17, 15) is 82.1 Å². The summed E-state index contributed by atoms with van der Waals surface area (Å²) in [4.78, 5) is 200. The summed E-state index contributed by atoms with van der Waals surface area (Å²) < 4.78 is 0. The maximum atomic E-state index is 14.2. The van der Waals surface area contributed by atoms with Gasteiger partial charge in [-0.15, -0.1) is 11.8 Å². The van der Waals surface area contributed by atoms with Crippen LogP contribution >= 0.6 is 11.8 Å². The number of hydrogen-bond acceptors (Lipinski definition) is 24. The van der Waals surface area contributed by atoms with Gasteiger partial charge in [-0.2, -0.15) is 0 Å². The summed E-state index contributed by atoms with van der Waals surface area (Å²) in [5, 5.41) is 79.3. The first kappa shape index (κ1) is 91.7. The molecule has 624 valence electrons. The van der Waals surface area contributed by atoms with Crippen LogP contribution in [0.4, 0.5) is 0 Å². The summed E-state index contributed by atoms with van der Waals surface area (Å²) in [6, 6.07) is 6.67. The van der Waals surface area contributed by atoms with Crippen molar-refractivity contribution in [3.8, 4) is 5.75 Å². The molecule has 0 saturated carbocycles. The highest BCUT2D eigenvalue weighted by Gasteiger charge is 2.41. The highest BCUT2D eigenvalue weighted by atomic mass is 32.2. The molecule has 25 N–H and O–H groups in total. The normalized spacial score (nSPS) is 22.2. The number of carbonyl (C=O) groups excluding carboxylic acids is 14. The number of carboxylic acid groups (broad SMARTS) is 1. The summed E-state index contributed by atoms with van der Waals surface area (Å²) in [6.07, 6.45) is 1.43. The van der Waals surface area contributed by atoms with Gasteiger partial charge in [0.25, 0.3) is 0 Å². The van der Waals surface area contributed by atoms with Crippen molar-refractivity contribution in [2.75, 3.05) is 104 Å². The number of aromatic hydroxyl groups is 1. The Morgan fingerprint density at radius 1 is 0.566 bits per heavy atom. The van der Waals surface area contributed by atoms with Crippen LogP contribution in [0, 0.1) is 5.41 Å². The van der Waals surface area contributed by atoms with E-state index < -0.39 is 143 Å². The van der Waals surface area contributed by atoms with Crippen LogP contribution in [0.25, 0.3) is 0 Å². The van der Waals surface area contributed by atoms with E-state index in [0.29, 0.717) is 109 Å². The number of fused-ring (bicyclic) bond motifs is 5. The van der Waals surface area contributed by atoms with E-state index in [1.165, 1.54) is 12.1 Å². The van der Waals surface area contributed by atoms with Crippen molar-refractivity contribution in [1.82, 2.24) is 101 Å². The van der Waals surface area contributed by atoms with E-state index in [2.05, 4.69) is 95.7 Å². The smallest absolute Gasteiger partial charge is 0.305 e. The van der Waals surface area contributed by atoms with Crippen LogP contribution in [0.15, 0.2) is 54.6 Å². The summed E-state index contributed by atoms with van der Waals surface area (Å²) in [5.74, 6) is -10.8. The predicted molar refractivity (Wildman–Crippen MR) is 416 cm³/mol. The van der Waals surface area contributed by atoms with E-state index in [1.54, 1.807) is 42.5 Å². The molecule has 2 aromatic carbocycles. The molecule has 14 amide bonds. The second kappa shape index (κ2) is 48.7. The number of rotatable bonds is 39. The number of phenols is 1. The monoisotopic (exact) mass is 1600 g/mol. The minimum Gasteiger partial charge on any atom is -0.508 e. The zero-order valence-electron chi connectivity index (χ0n) is 64.0. The first-order valence-corrected chi connectivity index (χ1v) is 39.6. The molecule has 0 spiro atoms. The highest BCUT2D eigenvalue weighted by Crippen LogP contribution is 2.26. The van der Waals surface area contributed by atoms with Crippen LogP contribution < -0.4 is 107 Å². The van der Waals surface area contributed by atoms with Crippen molar-refractivity contribution >= 4 is 106 Å². The van der Waals surface area contributed by atoms with Crippen LogP contribution in [0.5, 0.6) is 5.75 Å². The quantitative estimate of drug-likeness (QED) is 0.0128. The van der Waals surface area contributed by atoms with Gasteiger partial charge in [0, 0.05) is 149 Å². The Morgan fingerprint density at radius 3 is 1.72 bits per heavy atom. The fourth-order valence-corrected chi connectivity index (χ4v) is 14.1. The molecule has 4 fully saturated rings. The number of nitrogens with zero attached hydrogens (tertiary/aromatic N) is 1. The number of amides is 14. The van der Waals surface area contributed by atoms with E-state index in [-0.39, 0.29) is 139 Å². The third-order valence-electron chi connectivity index (χ3n) is 18.9. The van der Waals surface area contributed by atoms with E-state index in [0.717, 1.165) is 16.7 Å². The van der Waals surface area contributed by atoms with Gasteiger partial charge in [-0.05, 0) is 81.0 Å². The largest absolute Gasteiger partial charge is 0.508 e. The topological polar surface area (TPSA) is 592 Å². The molecule has 0 radical (unpaired) electrons. The Labute approximate surface area is 660 Å².